The number of anilines is 1. The molecular weight excluding hydrogens is 402 g/mol. The molecule has 1 unspecified atom stereocenters. The topological polar surface area (TPSA) is 68.3 Å². The Hall–Kier alpha value is -1.90. The van der Waals surface area contributed by atoms with E-state index in [1.54, 1.807) is 0 Å². The predicted molar refractivity (Wildman–Crippen MR) is 132 cm³/mol. The quantitative estimate of drug-likeness (QED) is 0.442. The highest BCUT2D eigenvalue weighted by Crippen LogP contribution is 2.20. The van der Waals surface area contributed by atoms with E-state index in [4.69, 9.17) is 9.72 Å². The van der Waals surface area contributed by atoms with Gasteiger partial charge in [-0.25, -0.2) is 4.98 Å². The molecule has 0 saturated carbocycles. The summed E-state index contributed by atoms with van der Waals surface area (Å²) < 4.78 is 5.59. The fourth-order valence-corrected chi connectivity index (χ4v) is 4.81. The number of ether oxygens (including phenoxy) is 1. The summed E-state index contributed by atoms with van der Waals surface area (Å²) in [5, 5.41) is 7.13. The monoisotopic (exact) mass is 445 g/mol. The lowest BCUT2D eigenvalue weighted by Gasteiger charge is -2.39. The number of pyridine rings is 1. The Morgan fingerprint density at radius 1 is 1.09 bits per heavy atom. The summed E-state index contributed by atoms with van der Waals surface area (Å²) in [5.41, 5.74) is 1.21. The smallest absolute Gasteiger partial charge is 0.191 e. The molecule has 0 spiro atoms. The van der Waals surface area contributed by atoms with Gasteiger partial charge in [-0.3, -0.25) is 9.89 Å². The summed E-state index contributed by atoms with van der Waals surface area (Å²) >= 11 is 0. The molecule has 1 aromatic rings. The van der Waals surface area contributed by atoms with E-state index < -0.39 is 0 Å². The molecule has 8 nitrogen and oxygen atoms in total. The molecule has 2 N–H and O–H groups in total. The molecule has 2 saturated heterocycles. The molecule has 2 aliphatic heterocycles. The molecule has 180 valence electrons. The van der Waals surface area contributed by atoms with Gasteiger partial charge in [0.15, 0.2) is 5.96 Å². The number of guanidine groups is 1. The second kappa shape index (κ2) is 13.0. The lowest BCUT2D eigenvalue weighted by molar-refractivity contribution is 0.00272. The number of hydrogen-bond donors (Lipinski definition) is 2. The molecule has 0 radical (unpaired) electrons. The molecule has 32 heavy (non-hydrogen) atoms. The third-order valence-electron chi connectivity index (χ3n) is 6.93. The molecule has 1 aromatic heterocycles. The second-order valence-electron chi connectivity index (χ2n) is 8.88. The molecule has 8 heteroatoms. The van der Waals surface area contributed by atoms with Crippen LogP contribution in [0.4, 0.5) is 5.82 Å². The van der Waals surface area contributed by atoms with Crippen LogP contribution in [0.2, 0.25) is 0 Å². The minimum atomic E-state index is 0.492. The number of likely N-dealkylation sites (N-methyl/N-ethyl adjacent to an activating group) is 1. The van der Waals surface area contributed by atoms with Gasteiger partial charge in [0.2, 0.25) is 0 Å². The molecule has 3 rings (SSSR count). The first-order valence-electron chi connectivity index (χ1n) is 12.3. The third-order valence-corrected chi connectivity index (χ3v) is 6.93. The van der Waals surface area contributed by atoms with Crippen molar-refractivity contribution in [2.45, 2.75) is 39.3 Å². The zero-order chi connectivity index (χ0) is 22.8. The van der Waals surface area contributed by atoms with Gasteiger partial charge in [0.05, 0.1) is 13.2 Å². The molecule has 3 heterocycles. The highest BCUT2D eigenvalue weighted by molar-refractivity contribution is 5.79. The highest BCUT2D eigenvalue weighted by Gasteiger charge is 2.27. The van der Waals surface area contributed by atoms with Gasteiger partial charge in [-0.1, -0.05) is 32.8 Å². The molecule has 2 fully saturated rings. The second-order valence-corrected chi connectivity index (χ2v) is 8.88. The van der Waals surface area contributed by atoms with E-state index in [2.05, 4.69) is 57.3 Å². The van der Waals surface area contributed by atoms with E-state index in [-0.39, 0.29) is 0 Å². The van der Waals surface area contributed by atoms with Crippen molar-refractivity contribution in [2.24, 2.45) is 10.9 Å². The Morgan fingerprint density at radius 2 is 1.81 bits per heavy atom. The number of rotatable bonds is 9. The van der Waals surface area contributed by atoms with E-state index >= 15 is 0 Å². The fourth-order valence-electron chi connectivity index (χ4n) is 4.81. The van der Waals surface area contributed by atoms with Crippen LogP contribution in [0.25, 0.3) is 0 Å². The van der Waals surface area contributed by atoms with Crippen LogP contribution >= 0.6 is 0 Å². The number of piperazine rings is 1. The first-order chi connectivity index (χ1) is 15.7. The Bertz CT molecular complexity index is 695. The largest absolute Gasteiger partial charge is 0.379 e. The van der Waals surface area contributed by atoms with E-state index in [0.29, 0.717) is 18.5 Å². The average Bonchev–Trinajstić information content (AvgIpc) is 2.85. The van der Waals surface area contributed by atoms with E-state index in [1.807, 2.05) is 19.3 Å². The van der Waals surface area contributed by atoms with Gasteiger partial charge in [-0.2, -0.15) is 0 Å². The Balaban J connectivity index is 1.58. The molecule has 0 aliphatic carbocycles. The zero-order valence-corrected chi connectivity index (χ0v) is 20.5. The minimum absolute atomic E-state index is 0.492. The summed E-state index contributed by atoms with van der Waals surface area (Å²) in [4.78, 5) is 16.6. The maximum Gasteiger partial charge on any atom is 0.191 e. The van der Waals surface area contributed by atoms with Gasteiger partial charge in [-0.05, 0) is 19.0 Å². The third kappa shape index (κ3) is 6.80. The van der Waals surface area contributed by atoms with Gasteiger partial charge < -0.3 is 25.2 Å². The van der Waals surface area contributed by atoms with Crippen LogP contribution < -0.4 is 15.5 Å². The van der Waals surface area contributed by atoms with Gasteiger partial charge in [0, 0.05) is 77.2 Å². The van der Waals surface area contributed by atoms with Crippen molar-refractivity contribution in [2.75, 3.05) is 78.0 Å². The van der Waals surface area contributed by atoms with Gasteiger partial charge in [-0.15, -0.1) is 0 Å². The number of aromatic nitrogens is 1. The lowest BCUT2D eigenvalue weighted by atomic mass is 9.92. The standard InChI is InChI=1S/C24H43N7O/c1-5-20(6-2)22(30-14-16-32-17-15-30)19-28-24(25-3)27-18-21-8-7-9-26-23(21)31-12-10-29(4)11-13-31/h7-9,20,22H,5-6,10-19H2,1-4H3,(H2,25,27,28). The van der Waals surface area contributed by atoms with Crippen molar-refractivity contribution in [3.8, 4) is 0 Å². The van der Waals surface area contributed by atoms with Crippen molar-refractivity contribution < 1.29 is 4.74 Å². The first kappa shape index (κ1) is 24.7. The Kier molecular flexibility index (Phi) is 10.0. The van der Waals surface area contributed by atoms with Crippen LogP contribution in [-0.4, -0.2) is 99.9 Å². The fraction of sp³-hybridized carbons (Fsp3) is 0.750. The summed E-state index contributed by atoms with van der Waals surface area (Å²) in [7, 11) is 4.03. The highest BCUT2D eigenvalue weighted by atomic mass is 16.5. The van der Waals surface area contributed by atoms with Crippen LogP contribution in [0.1, 0.15) is 32.3 Å². The van der Waals surface area contributed by atoms with Gasteiger partial charge >= 0.3 is 0 Å². The van der Waals surface area contributed by atoms with Crippen LogP contribution in [-0.2, 0) is 11.3 Å². The number of nitrogens with zero attached hydrogens (tertiary/aromatic N) is 5. The van der Waals surface area contributed by atoms with Crippen LogP contribution in [0.3, 0.4) is 0 Å². The van der Waals surface area contributed by atoms with Crippen LogP contribution in [0.15, 0.2) is 23.3 Å². The van der Waals surface area contributed by atoms with Crippen molar-refractivity contribution >= 4 is 11.8 Å². The SMILES string of the molecule is CCC(CC)C(CNC(=NC)NCc1cccnc1N1CCN(C)CC1)N1CCOCC1. The Morgan fingerprint density at radius 3 is 2.47 bits per heavy atom. The number of hydrogen-bond acceptors (Lipinski definition) is 6. The summed E-state index contributed by atoms with van der Waals surface area (Å²) in [6.07, 6.45) is 4.28. The average molecular weight is 446 g/mol. The maximum atomic E-state index is 5.59. The van der Waals surface area contributed by atoms with Gasteiger partial charge in [0.1, 0.15) is 5.82 Å². The minimum Gasteiger partial charge on any atom is -0.379 e. The summed E-state index contributed by atoms with van der Waals surface area (Å²) in [6, 6.07) is 4.68. The van der Waals surface area contributed by atoms with Crippen molar-refractivity contribution in [1.29, 1.82) is 0 Å². The van der Waals surface area contributed by atoms with E-state index in [0.717, 1.165) is 70.8 Å². The van der Waals surface area contributed by atoms with E-state index in [9.17, 15) is 0 Å². The molecule has 0 amide bonds. The molecule has 2 aliphatic rings. The number of morpholine rings is 1. The van der Waals surface area contributed by atoms with Crippen LogP contribution in [0.5, 0.6) is 0 Å². The van der Waals surface area contributed by atoms with E-state index in [1.165, 1.54) is 18.4 Å². The van der Waals surface area contributed by atoms with Crippen LogP contribution in [0, 0.1) is 5.92 Å². The zero-order valence-electron chi connectivity index (χ0n) is 20.5. The summed E-state index contributed by atoms with van der Waals surface area (Å²) in [5.74, 6) is 2.61. The van der Waals surface area contributed by atoms with Crippen molar-refractivity contribution in [1.82, 2.24) is 25.4 Å². The Labute approximate surface area is 194 Å². The normalized spacial score (nSPS) is 19.9. The molecule has 0 aromatic carbocycles. The molecule has 0 bridgehead atoms. The number of aliphatic imine (C=N–C) groups is 1. The predicted octanol–water partition coefficient (Wildman–Crippen LogP) is 1.64. The van der Waals surface area contributed by atoms with Crippen molar-refractivity contribution in [3.05, 3.63) is 23.9 Å². The number of nitrogens with one attached hydrogen (secondary N) is 2. The first-order valence-corrected chi connectivity index (χ1v) is 12.3. The van der Waals surface area contributed by atoms with Crippen molar-refractivity contribution in [3.63, 3.8) is 0 Å². The maximum absolute atomic E-state index is 5.59. The molecular formula is C24H43N7O. The lowest BCUT2D eigenvalue weighted by Crippen LogP contribution is -2.53. The summed E-state index contributed by atoms with van der Waals surface area (Å²) in [6.45, 7) is 14.1. The van der Waals surface area contributed by atoms with Gasteiger partial charge in [0.25, 0.3) is 0 Å². The molecule has 1 atom stereocenters.